The quantitative estimate of drug-likeness (QED) is 0.464. The minimum atomic E-state index is 0.748. The highest BCUT2D eigenvalue weighted by Crippen LogP contribution is 2.21. The van der Waals surface area contributed by atoms with Gasteiger partial charge in [-0.25, -0.2) is 9.98 Å². The molecule has 0 amide bonds. The predicted octanol–water partition coefficient (Wildman–Crippen LogP) is 2.67. The zero-order chi connectivity index (χ0) is 9.84. The van der Waals surface area contributed by atoms with Gasteiger partial charge in [0, 0.05) is 24.8 Å². The van der Waals surface area contributed by atoms with E-state index in [2.05, 4.69) is 48.5 Å². The fraction of sp³-hybridized carbons (Fsp3) is 0.250. The third-order valence-corrected chi connectivity index (χ3v) is 2.43. The first-order valence-corrected chi connectivity index (χ1v) is 5.48. The minimum absolute atomic E-state index is 0.748. The van der Waals surface area contributed by atoms with Crippen molar-refractivity contribution in [3.8, 4) is 0 Å². The van der Waals surface area contributed by atoms with Crippen LogP contribution in [0.3, 0.4) is 0 Å². The van der Waals surface area contributed by atoms with E-state index >= 15 is 0 Å². The molecule has 0 aliphatic rings. The van der Waals surface area contributed by atoms with Crippen LogP contribution in [0.15, 0.2) is 21.7 Å². The second kappa shape index (κ2) is 4.90. The van der Waals surface area contributed by atoms with Crippen LogP contribution in [-0.4, -0.2) is 30.3 Å². The Morgan fingerprint density at radius 2 is 2.31 bits per heavy atom. The molecule has 0 N–H and O–H groups in total. The monoisotopic (exact) mass is 353 g/mol. The maximum atomic E-state index is 4.21. The molecule has 0 fully saturated rings. The van der Waals surface area contributed by atoms with Crippen LogP contribution in [0.4, 0.5) is 5.82 Å². The Morgan fingerprint density at radius 1 is 1.62 bits per heavy atom. The number of halogens is 2. The van der Waals surface area contributed by atoms with Crippen molar-refractivity contribution >= 4 is 50.7 Å². The predicted molar refractivity (Wildman–Crippen MR) is 66.5 cm³/mol. The molecule has 1 rings (SSSR count). The third-order valence-electron chi connectivity index (χ3n) is 1.20. The summed E-state index contributed by atoms with van der Waals surface area (Å²) < 4.78 is 2.01. The molecule has 0 saturated heterocycles. The number of aromatic nitrogens is 1. The largest absolute Gasteiger partial charge is 0.369 e. The molecule has 0 aromatic carbocycles. The zero-order valence-corrected chi connectivity index (χ0v) is 11.1. The average Bonchev–Trinajstić information content (AvgIpc) is 2.02. The Balaban J connectivity index is 2.90. The summed E-state index contributed by atoms with van der Waals surface area (Å²) in [7, 11) is 3.85. The van der Waals surface area contributed by atoms with E-state index in [1.807, 2.05) is 25.1 Å². The topological polar surface area (TPSA) is 28.5 Å². The second-order valence-corrected chi connectivity index (χ2v) is 4.75. The lowest BCUT2D eigenvalue weighted by Crippen LogP contribution is -2.07. The molecule has 0 aliphatic carbocycles. The summed E-state index contributed by atoms with van der Waals surface area (Å²) in [6.07, 6.45) is 3.48. The number of hydrogen-bond donors (Lipinski definition) is 0. The van der Waals surface area contributed by atoms with E-state index in [1.54, 1.807) is 12.5 Å². The molecule has 1 heterocycles. The van der Waals surface area contributed by atoms with Crippen LogP contribution in [0.5, 0.6) is 0 Å². The van der Waals surface area contributed by atoms with Gasteiger partial charge in [-0.3, -0.25) is 0 Å². The first-order valence-electron chi connectivity index (χ1n) is 3.61. The first-order chi connectivity index (χ1) is 6.09. The van der Waals surface area contributed by atoms with Gasteiger partial charge in [0.15, 0.2) is 5.82 Å². The third kappa shape index (κ3) is 3.60. The number of hydrogen-bond acceptors (Lipinski definition) is 2. The molecule has 0 unspecified atom stereocenters. The van der Waals surface area contributed by atoms with Crippen LogP contribution in [0, 0.1) is 3.57 Å². The van der Waals surface area contributed by atoms with Gasteiger partial charge in [0.2, 0.25) is 0 Å². The van der Waals surface area contributed by atoms with Gasteiger partial charge in [0.1, 0.15) is 0 Å². The number of nitrogens with zero attached hydrogens (tertiary/aromatic N) is 3. The fourth-order valence-electron chi connectivity index (χ4n) is 0.673. The van der Waals surface area contributed by atoms with E-state index in [1.165, 1.54) is 0 Å². The van der Waals surface area contributed by atoms with E-state index in [-0.39, 0.29) is 0 Å². The fourth-order valence-corrected chi connectivity index (χ4v) is 2.05. The molecule has 1 aromatic rings. The summed E-state index contributed by atoms with van der Waals surface area (Å²) in [6, 6.07) is 1.98. The van der Waals surface area contributed by atoms with Gasteiger partial charge < -0.3 is 4.90 Å². The smallest absolute Gasteiger partial charge is 0.167 e. The summed E-state index contributed by atoms with van der Waals surface area (Å²) in [5.74, 6) is 0.748. The Kier molecular flexibility index (Phi) is 4.11. The Bertz CT molecular complexity index is 325. The molecule has 0 radical (unpaired) electrons. The summed E-state index contributed by atoms with van der Waals surface area (Å²) in [5, 5.41) is 0. The summed E-state index contributed by atoms with van der Waals surface area (Å²) >= 11 is 5.55. The van der Waals surface area contributed by atoms with E-state index in [0.29, 0.717) is 0 Å². The molecule has 0 saturated carbocycles. The van der Waals surface area contributed by atoms with Crippen LogP contribution < -0.4 is 0 Å². The molecule has 0 aliphatic heterocycles. The average molecular weight is 354 g/mol. The summed E-state index contributed by atoms with van der Waals surface area (Å²) in [5.41, 5.74) is 0. The van der Waals surface area contributed by atoms with E-state index in [4.69, 9.17) is 0 Å². The summed E-state index contributed by atoms with van der Waals surface area (Å²) in [4.78, 5) is 10.3. The van der Waals surface area contributed by atoms with Crippen LogP contribution in [-0.2, 0) is 0 Å². The number of aliphatic imine (C=N–C) groups is 1. The highest BCUT2D eigenvalue weighted by Gasteiger charge is 1.98. The van der Waals surface area contributed by atoms with Crippen molar-refractivity contribution in [1.29, 1.82) is 0 Å². The van der Waals surface area contributed by atoms with Gasteiger partial charge in [0.05, 0.1) is 9.91 Å². The highest BCUT2D eigenvalue weighted by molar-refractivity contribution is 14.1. The van der Waals surface area contributed by atoms with Crippen molar-refractivity contribution < 1.29 is 0 Å². The maximum Gasteiger partial charge on any atom is 0.167 e. The molecular weight excluding hydrogens is 345 g/mol. The van der Waals surface area contributed by atoms with Crippen molar-refractivity contribution in [3.63, 3.8) is 0 Å². The maximum absolute atomic E-state index is 4.21. The Morgan fingerprint density at radius 3 is 2.85 bits per heavy atom. The lowest BCUT2D eigenvalue weighted by Gasteiger charge is -2.02. The number of rotatable bonds is 2. The van der Waals surface area contributed by atoms with Crippen molar-refractivity contribution in [2.75, 3.05) is 14.1 Å². The second-order valence-electron chi connectivity index (χ2n) is 2.67. The zero-order valence-electron chi connectivity index (χ0n) is 7.33. The standard InChI is InChI=1S/C8H9BrIN3/c1-13(2)5-12-8-7(10)3-6(9)4-11-8/h3-5H,1-2H3/b12-5+. The van der Waals surface area contributed by atoms with Crippen molar-refractivity contribution in [3.05, 3.63) is 20.3 Å². The molecule has 5 heteroatoms. The molecule has 70 valence electrons. The van der Waals surface area contributed by atoms with Crippen LogP contribution in [0.1, 0.15) is 0 Å². The van der Waals surface area contributed by atoms with E-state index in [0.717, 1.165) is 13.9 Å². The molecule has 1 aromatic heterocycles. The Hall–Kier alpha value is -0.170. The normalized spacial score (nSPS) is 10.8. The van der Waals surface area contributed by atoms with E-state index < -0.39 is 0 Å². The van der Waals surface area contributed by atoms with Gasteiger partial charge in [-0.2, -0.15) is 0 Å². The van der Waals surface area contributed by atoms with Crippen LogP contribution in [0.25, 0.3) is 0 Å². The lowest BCUT2D eigenvalue weighted by molar-refractivity contribution is 0.643. The highest BCUT2D eigenvalue weighted by atomic mass is 127. The summed E-state index contributed by atoms with van der Waals surface area (Å²) in [6.45, 7) is 0. The van der Waals surface area contributed by atoms with Crippen LogP contribution >= 0.6 is 38.5 Å². The SMILES string of the molecule is CN(C)/C=N/c1ncc(Br)cc1I. The molecule has 13 heavy (non-hydrogen) atoms. The van der Waals surface area contributed by atoms with Gasteiger partial charge in [0.25, 0.3) is 0 Å². The minimum Gasteiger partial charge on any atom is -0.369 e. The Labute approximate surface area is 99.5 Å². The van der Waals surface area contributed by atoms with Gasteiger partial charge in [-0.1, -0.05) is 0 Å². The first kappa shape index (κ1) is 10.9. The number of pyridine rings is 1. The molecule has 0 atom stereocenters. The van der Waals surface area contributed by atoms with Crippen molar-refractivity contribution in [2.45, 2.75) is 0 Å². The molecule has 3 nitrogen and oxygen atoms in total. The van der Waals surface area contributed by atoms with Crippen molar-refractivity contribution in [1.82, 2.24) is 9.88 Å². The van der Waals surface area contributed by atoms with E-state index in [9.17, 15) is 0 Å². The lowest BCUT2D eigenvalue weighted by atomic mass is 10.5. The molecule has 0 bridgehead atoms. The van der Waals surface area contributed by atoms with Gasteiger partial charge in [-0.05, 0) is 44.6 Å². The molecular formula is C8H9BrIN3. The van der Waals surface area contributed by atoms with Crippen molar-refractivity contribution in [2.24, 2.45) is 4.99 Å². The van der Waals surface area contributed by atoms with Gasteiger partial charge in [-0.15, -0.1) is 0 Å². The van der Waals surface area contributed by atoms with Crippen LogP contribution in [0.2, 0.25) is 0 Å². The molecule has 0 spiro atoms. The van der Waals surface area contributed by atoms with Gasteiger partial charge >= 0.3 is 0 Å².